The maximum Gasteiger partial charge on any atom is 0.236 e. The monoisotopic (exact) mass is 272 g/mol. The fraction of sp³-hybridized carbons (Fsp3) is 0.929. The Morgan fingerprint density at radius 2 is 1.95 bits per heavy atom. The summed E-state index contributed by atoms with van der Waals surface area (Å²) in [5.74, 6) is 0.128. The molecule has 2 N–H and O–H groups in total. The maximum atomic E-state index is 11.8. The van der Waals surface area contributed by atoms with Crippen LogP contribution in [0.15, 0.2) is 0 Å². The molecule has 1 saturated heterocycles. The van der Waals surface area contributed by atoms with Crippen molar-refractivity contribution < 1.29 is 14.6 Å². The lowest BCUT2D eigenvalue weighted by molar-refractivity contribution is -0.131. The van der Waals surface area contributed by atoms with Crippen LogP contribution in [-0.2, 0) is 9.53 Å². The molecular formula is C14H28N2O3. The number of rotatable bonds is 6. The fourth-order valence-corrected chi connectivity index (χ4v) is 2.01. The number of ether oxygens (including phenoxy) is 1. The third-order valence-corrected chi connectivity index (χ3v) is 3.07. The summed E-state index contributed by atoms with van der Waals surface area (Å²) in [5, 5.41) is 12.7. The van der Waals surface area contributed by atoms with Crippen molar-refractivity contribution in [1.82, 2.24) is 10.2 Å². The van der Waals surface area contributed by atoms with Gasteiger partial charge in [-0.1, -0.05) is 0 Å². The van der Waals surface area contributed by atoms with Crippen LogP contribution in [0.25, 0.3) is 0 Å². The van der Waals surface area contributed by atoms with Gasteiger partial charge in [0.2, 0.25) is 5.91 Å². The summed E-state index contributed by atoms with van der Waals surface area (Å²) < 4.78 is 5.48. The molecule has 0 radical (unpaired) electrons. The highest BCUT2D eigenvalue weighted by atomic mass is 16.5. The summed E-state index contributed by atoms with van der Waals surface area (Å²) in [6, 6.07) is 0. The molecule has 0 spiro atoms. The predicted molar refractivity (Wildman–Crippen MR) is 75.0 cm³/mol. The van der Waals surface area contributed by atoms with E-state index in [-0.39, 0.29) is 18.1 Å². The molecule has 1 aliphatic rings. The van der Waals surface area contributed by atoms with Crippen molar-refractivity contribution >= 4 is 5.91 Å². The van der Waals surface area contributed by atoms with Crippen LogP contribution < -0.4 is 5.32 Å². The smallest absolute Gasteiger partial charge is 0.236 e. The van der Waals surface area contributed by atoms with E-state index in [1.54, 1.807) is 0 Å². The lowest BCUT2D eigenvalue weighted by Crippen LogP contribution is -2.43. The Labute approximate surface area is 116 Å². The number of carbonyl (C=O) groups excluding carboxylic acids is 1. The van der Waals surface area contributed by atoms with Gasteiger partial charge in [-0.3, -0.25) is 4.79 Å². The number of hydrogen-bond donors (Lipinski definition) is 2. The van der Waals surface area contributed by atoms with Gasteiger partial charge in [0.1, 0.15) is 0 Å². The topological polar surface area (TPSA) is 61.8 Å². The van der Waals surface area contributed by atoms with E-state index in [1.165, 1.54) is 6.42 Å². The molecule has 5 heteroatoms. The van der Waals surface area contributed by atoms with E-state index in [1.807, 2.05) is 25.7 Å². The highest BCUT2D eigenvalue weighted by Crippen LogP contribution is 2.08. The first-order valence-electron chi connectivity index (χ1n) is 7.19. The molecule has 1 amide bonds. The fourth-order valence-electron chi connectivity index (χ4n) is 2.01. The third-order valence-electron chi connectivity index (χ3n) is 3.07. The zero-order valence-corrected chi connectivity index (χ0v) is 12.4. The van der Waals surface area contributed by atoms with Gasteiger partial charge >= 0.3 is 0 Å². The molecule has 0 aromatic rings. The number of piperidine rings is 1. The molecule has 1 rings (SSSR count). The summed E-state index contributed by atoms with van der Waals surface area (Å²) >= 11 is 0. The molecule has 0 aromatic carbocycles. The van der Waals surface area contributed by atoms with Gasteiger partial charge in [-0.2, -0.15) is 0 Å². The van der Waals surface area contributed by atoms with Gasteiger partial charge in [0, 0.05) is 19.6 Å². The molecule has 1 fully saturated rings. The Hall–Kier alpha value is -0.650. The normalized spacial score (nSPS) is 18.4. The number of hydrogen-bond acceptors (Lipinski definition) is 4. The predicted octanol–water partition coefficient (Wildman–Crippen LogP) is 0.765. The summed E-state index contributed by atoms with van der Waals surface area (Å²) in [6.45, 7) is 8.57. The molecule has 1 heterocycles. The Balaban J connectivity index is 2.10. The van der Waals surface area contributed by atoms with Crippen LogP contribution >= 0.6 is 0 Å². The van der Waals surface area contributed by atoms with Crippen LogP contribution in [0.4, 0.5) is 0 Å². The standard InChI is InChI=1S/C14H28N2O3/c1-14(2,3)19-11-12(17)9-15-10-13(18)16-7-5-4-6-8-16/h12,15,17H,4-11H2,1-3H3. The molecule has 0 bridgehead atoms. The van der Waals surface area contributed by atoms with Crippen molar-refractivity contribution in [1.29, 1.82) is 0 Å². The Morgan fingerprint density at radius 3 is 2.53 bits per heavy atom. The van der Waals surface area contributed by atoms with Crippen molar-refractivity contribution in [2.45, 2.75) is 51.7 Å². The quantitative estimate of drug-likeness (QED) is 0.749. The number of likely N-dealkylation sites (tertiary alicyclic amines) is 1. The minimum absolute atomic E-state index is 0.128. The Morgan fingerprint density at radius 1 is 1.32 bits per heavy atom. The maximum absolute atomic E-state index is 11.8. The van der Waals surface area contributed by atoms with E-state index in [0.29, 0.717) is 13.1 Å². The average molecular weight is 272 g/mol. The molecule has 0 aliphatic carbocycles. The second kappa shape index (κ2) is 7.82. The van der Waals surface area contributed by atoms with Gasteiger partial charge in [0.05, 0.1) is 24.9 Å². The minimum atomic E-state index is -0.576. The highest BCUT2D eigenvalue weighted by Gasteiger charge is 2.17. The molecule has 0 aromatic heterocycles. The lowest BCUT2D eigenvalue weighted by Gasteiger charge is -2.27. The van der Waals surface area contributed by atoms with Crippen molar-refractivity contribution in [3.05, 3.63) is 0 Å². The van der Waals surface area contributed by atoms with Crippen LogP contribution in [-0.4, -0.2) is 60.4 Å². The van der Waals surface area contributed by atoms with Gasteiger partial charge in [0.15, 0.2) is 0 Å². The van der Waals surface area contributed by atoms with Crippen LogP contribution in [0, 0.1) is 0 Å². The first-order chi connectivity index (χ1) is 8.88. The second-order valence-electron chi connectivity index (χ2n) is 6.15. The van der Waals surface area contributed by atoms with Gasteiger partial charge in [-0.05, 0) is 40.0 Å². The molecular weight excluding hydrogens is 244 g/mol. The van der Waals surface area contributed by atoms with Crippen molar-refractivity contribution in [2.24, 2.45) is 0 Å². The number of amides is 1. The zero-order valence-electron chi connectivity index (χ0n) is 12.4. The Bertz CT molecular complexity index is 270. The van der Waals surface area contributed by atoms with Crippen LogP contribution in [0.5, 0.6) is 0 Å². The minimum Gasteiger partial charge on any atom is -0.389 e. The van der Waals surface area contributed by atoms with Crippen molar-refractivity contribution in [3.8, 4) is 0 Å². The molecule has 5 nitrogen and oxygen atoms in total. The highest BCUT2D eigenvalue weighted by molar-refractivity contribution is 5.78. The van der Waals surface area contributed by atoms with E-state index in [4.69, 9.17) is 4.74 Å². The average Bonchev–Trinajstić information content (AvgIpc) is 2.36. The lowest BCUT2D eigenvalue weighted by atomic mass is 10.1. The summed E-state index contributed by atoms with van der Waals surface area (Å²) in [4.78, 5) is 13.7. The first-order valence-corrected chi connectivity index (χ1v) is 7.19. The summed E-state index contributed by atoms with van der Waals surface area (Å²) in [5.41, 5.74) is -0.245. The third kappa shape index (κ3) is 7.50. The molecule has 0 saturated carbocycles. The number of carbonyl (C=O) groups is 1. The summed E-state index contributed by atoms with van der Waals surface area (Å²) in [7, 11) is 0. The number of aliphatic hydroxyl groups is 1. The van der Waals surface area contributed by atoms with Gasteiger partial charge < -0.3 is 20.1 Å². The second-order valence-corrected chi connectivity index (χ2v) is 6.15. The molecule has 1 aliphatic heterocycles. The van der Waals surface area contributed by atoms with Crippen molar-refractivity contribution in [3.63, 3.8) is 0 Å². The van der Waals surface area contributed by atoms with E-state index < -0.39 is 6.10 Å². The first kappa shape index (κ1) is 16.4. The van der Waals surface area contributed by atoms with Crippen LogP contribution in [0.3, 0.4) is 0 Å². The Kier molecular flexibility index (Phi) is 6.75. The SMILES string of the molecule is CC(C)(C)OCC(O)CNCC(=O)N1CCCCC1. The molecule has 19 heavy (non-hydrogen) atoms. The molecule has 1 unspecified atom stereocenters. The van der Waals surface area contributed by atoms with Gasteiger partial charge in [0.25, 0.3) is 0 Å². The number of nitrogens with one attached hydrogen (secondary N) is 1. The number of aliphatic hydroxyl groups excluding tert-OH is 1. The van der Waals surface area contributed by atoms with Crippen LogP contribution in [0.1, 0.15) is 40.0 Å². The summed E-state index contributed by atoms with van der Waals surface area (Å²) in [6.07, 6.45) is 2.86. The zero-order chi connectivity index (χ0) is 14.3. The largest absolute Gasteiger partial charge is 0.389 e. The van der Waals surface area contributed by atoms with Gasteiger partial charge in [-0.25, -0.2) is 0 Å². The number of nitrogens with zero attached hydrogens (tertiary/aromatic N) is 1. The van der Waals surface area contributed by atoms with E-state index >= 15 is 0 Å². The van der Waals surface area contributed by atoms with Crippen molar-refractivity contribution in [2.75, 3.05) is 32.8 Å². The molecule has 1 atom stereocenters. The van der Waals surface area contributed by atoms with E-state index in [0.717, 1.165) is 25.9 Å². The van der Waals surface area contributed by atoms with E-state index in [9.17, 15) is 9.90 Å². The van der Waals surface area contributed by atoms with Crippen LogP contribution in [0.2, 0.25) is 0 Å². The van der Waals surface area contributed by atoms with E-state index in [2.05, 4.69) is 5.32 Å². The van der Waals surface area contributed by atoms with Gasteiger partial charge in [-0.15, -0.1) is 0 Å². The molecule has 112 valence electrons.